The third-order valence-corrected chi connectivity index (χ3v) is 3.27. The first-order chi connectivity index (χ1) is 8.22. The van der Waals surface area contributed by atoms with Crippen molar-refractivity contribution in [2.24, 2.45) is 5.92 Å². The fourth-order valence-electron chi connectivity index (χ4n) is 2.39. The first-order valence-electron chi connectivity index (χ1n) is 5.87. The topological polar surface area (TPSA) is 21.3 Å². The number of methoxy groups -OCH3 is 1. The summed E-state index contributed by atoms with van der Waals surface area (Å²) in [6.07, 6.45) is -0.723. The molecule has 1 aromatic carbocycles. The molecule has 1 heterocycles. The van der Waals surface area contributed by atoms with Gasteiger partial charge in [-0.05, 0) is 43.5 Å². The summed E-state index contributed by atoms with van der Waals surface area (Å²) in [4.78, 5) is 0. The van der Waals surface area contributed by atoms with Crippen LogP contribution in [0.3, 0.4) is 0 Å². The molecule has 0 bridgehead atoms. The summed E-state index contributed by atoms with van der Waals surface area (Å²) in [5.41, 5.74) is 0.773. The Kier molecular flexibility index (Phi) is 3.94. The van der Waals surface area contributed by atoms with Gasteiger partial charge in [0.2, 0.25) is 0 Å². The second-order valence-electron chi connectivity index (χ2n) is 4.40. The monoisotopic (exact) mass is 241 g/mol. The molecule has 0 aliphatic carbocycles. The molecule has 0 amide bonds. The molecular weight excluding hydrogens is 224 g/mol. The highest BCUT2D eigenvalue weighted by Gasteiger charge is 2.22. The number of hydrogen-bond donors (Lipinski definition) is 1. The molecule has 0 radical (unpaired) electrons. The van der Waals surface area contributed by atoms with Gasteiger partial charge in [-0.25, -0.2) is 8.78 Å². The number of nitrogens with one attached hydrogen (secondary N) is 1. The second-order valence-corrected chi connectivity index (χ2v) is 4.40. The Morgan fingerprint density at radius 2 is 2.29 bits per heavy atom. The van der Waals surface area contributed by atoms with E-state index >= 15 is 0 Å². The Morgan fingerprint density at radius 3 is 2.88 bits per heavy atom. The van der Waals surface area contributed by atoms with Crippen LogP contribution in [0.1, 0.15) is 24.0 Å². The second kappa shape index (κ2) is 5.45. The van der Waals surface area contributed by atoms with E-state index in [1.807, 2.05) is 0 Å². The van der Waals surface area contributed by atoms with Crippen LogP contribution in [0.4, 0.5) is 8.78 Å². The van der Waals surface area contributed by atoms with Crippen molar-refractivity contribution < 1.29 is 13.5 Å². The molecule has 2 rings (SSSR count). The first-order valence-corrected chi connectivity index (χ1v) is 5.87. The standard InChI is InChI=1S/C13H17F2NO/c1-17-11-4-2-3-10(12(11)13(14)15)7-9-5-6-16-8-9/h2-4,9,13,16H,5-8H2,1H3. The van der Waals surface area contributed by atoms with Crippen molar-refractivity contribution >= 4 is 0 Å². The van der Waals surface area contributed by atoms with E-state index in [0.717, 1.165) is 19.5 Å². The van der Waals surface area contributed by atoms with Crippen LogP contribution in [0, 0.1) is 5.92 Å². The van der Waals surface area contributed by atoms with Gasteiger partial charge in [-0.3, -0.25) is 0 Å². The number of ether oxygens (including phenoxy) is 1. The lowest BCUT2D eigenvalue weighted by Crippen LogP contribution is -2.12. The summed E-state index contributed by atoms with van der Waals surface area (Å²) in [6.45, 7) is 1.90. The fourth-order valence-corrected chi connectivity index (χ4v) is 2.39. The van der Waals surface area contributed by atoms with Crippen LogP contribution in [-0.2, 0) is 6.42 Å². The molecule has 1 unspecified atom stereocenters. The van der Waals surface area contributed by atoms with Crippen molar-refractivity contribution in [2.75, 3.05) is 20.2 Å². The van der Waals surface area contributed by atoms with Crippen LogP contribution >= 0.6 is 0 Å². The number of rotatable bonds is 4. The van der Waals surface area contributed by atoms with E-state index in [4.69, 9.17) is 4.74 Å². The van der Waals surface area contributed by atoms with Gasteiger partial charge in [0.1, 0.15) is 5.75 Å². The zero-order valence-corrected chi connectivity index (χ0v) is 9.88. The lowest BCUT2D eigenvalue weighted by molar-refractivity contribution is 0.145. The molecule has 1 fully saturated rings. The first kappa shape index (κ1) is 12.3. The molecule has 94 valence electrons. The number of benzene rings is 1. The Labute approximate surface area is 100.0 Å². The van der Waals surface area contributed by atoms with Gasteiger partial charge in [0, 0.05) is 0 Å². The summed E-state index contributed by atoms with van der Waals surface area (Å²) < 4.78 is 31.1. The normalized spacial score (nSPS) is 19.9. The average Bonchev–Trinajstić information content (AvgIpc) is 2.81. The van der Waals surface area contributed by atoms with Crippen LogP contribution in [0.25, 0.3) is 0 Å². The van der Waals surface area contributed by atoms with E-state index < -0.39 is 6.43 Å². The quantitative estimate of drug-likeness (QED) is 0.875. The summed E-state index contributed by atoms with van der Waals surface area (Å²) in [5, 5.41) is 3.25. The molecule has 1 atom stereocenters. The van der Waals surface area contributed by atoms with Gasteiger partial charge in [-0.2, -0.15) is 0 Å². The SMILES string of the molecule is COc1cccc(CC2CCNC2)c1C(F)F. The minimum atomic E-state index is -2.48. The Balaban J connectivity index is 2.25. The predicted octanol–water partition coefficient (Wildman–Crippen LogP) is 2.78. The van der Waals surface area contributed by atoms with Crippen LogP contribution in [-0.4, -0.2) is 20.2 Å². The predicted molar refractivity (Wildman–Crippen MR) is 62.6 cm³/mol. The highest BCUT2D eigenvalue weighted by atomic mass is 19.3. The van der Waals surface area contributed by atoms with Crippen LogP contribution in [0.2, 0.25) is 0 Å². The highest BCUT2D eigenvalue weighted by molar-refractivity contribution is 5.41. The van der Waals surface area contributed by atoms with Crippen molar-refractivity contribution in [2.45, 2.75) is 19.3 Å². The minimum absolute atomic E-state index is 0.0573. The smallest absolute Gasteiger partial charge is 0.267 e. The molecule has 1 N–H and O–H groups in total. The lowest BCUT2D eigenvalue weighted by Gasteiger charge is -2.15. The Bertz CT molecular complexity index is 376. The molecule has 0 aromatic heterocycles. The third kappa shape index (κ3) is 2.75. The van der Waals surface area contributed by atoms with E-state index in [1.54, 1.807) is 18.2 Å². The lowest BCUT2D eigenvalue weighted by atomic mass is 9.94. The molecule has 1 aliphatic rings. The Hall–Kier alpha value is -1.16. The molecule has 2 nitrogen and oxygen atoms in total. The zero-order chi connectivity index (χ0) is 12.3. The Morgan fingerprint density at radius 1 is 1.47 bits per heavy atom. The maximum atomic E-state index is 13.1. The summed E-state index contributed by atoms with van der Waals surface area (Å²) in [5.74, 6) is 0.753. The molecule has 1 saturated heterocycles. The molecule has 4 heteroatoms. The van der Waals surface area contributed by atoms with Gasteiger partial charge in [0.25, 0.3) is 6.43 Å². The van der Waals surface area contributed by atoms with Crippen molar-refractivity contribution in [1.29, 1.82) is 0 Å². The molecule has 17 heavy (non-hydrogen) atoms. The van der Waals surface area contributed by atoms with E-state index in [9.17, 15) is 8.78 Å². The van der Waals surface area contributed by atoms with Gasteiger partial charge in [0.15, 0.2) is 0 Å². The molecule has 1 aliphatic heterocycles. The number of halogens is 2. The van der Waals surface area contributed by atoms with Gasteiger partial charge < -0.3 is 10.1 Å². The van der Waals surface area contributed by atoms with Crippen molar-refractivity contribution in [3.63, 3.8) is 0 Å². The molecule has 0 spiro atoms. The van der Waals surface area contributed by atoms with Crippen LogP contribution in [0.5, 0.6) is 5.75 Å². The maximum absolute atomic E-state index is 13.1. The van der Waals surface area contributed by atoms with Crippen LogP contribution in [0.15, 0.2) is 18.2 Å². The van der Waals surface area contributed by atoms with Crippen molar-refractivity contribution in [3.8, 4) is 5.75 Å². The van der Waals surface area contributed by atoms with E-state index in [0.29, 0.717) is 23.7 Å². The van der Waals surface area contributed by atoms with Crippen molar-refractivity contribution in [1.82, 2.24) is 5.32 Å². The van der Waals surface area contributed by atoms with Gasteiger partial charge in [0.05, 0.1) is 12.7 Å². The molecular formula is C13H17F2NO. The van der Waals surface area contributed by atoms with Gasteiger partial charge in [-0.15, -0.1) is 0 Å². The fraction of sp³-hybridized carbons (Fsp3) is 0.538. The van der Waals surface area contributed by atoms with E-state index in [-0.39, 0.29) is 5.56 Å². The molecule has 0 saturated carbocycles. The van der Waals surface area contributed by atoms with E-state index in [2.05, 4.69) is 5.32 Å². The summed E-state index contributed by atoms with van der Waals surface area (Å²) in [6, 6.07) is 5.16. The average molecular weight is 241 g/mol. The molecule has 1 aromatic rings. The summed E-state index contributed by atoms with van der Waals surface area (Å²) >= 11 is 0. The maximum Gasteiger partial charge on any atom is 0.267 e. The van der Waals surface area contributed by atoms with Crippen LogP contribution < -0.4 is 10.1 Å². The largest absolute Gasteiger partial charge is 0.496 e. The third-order valence-electron chi connectivity index (χ3n) is 3.27. The summed E-state index contributed by atoms with van der Waals surface area (Å²) in [7, 11) is 1.43. The zero-order valence-electron chi connectivity index (χ0n) is 9.88. The minimum Gasteiger partial charge on any atom is -0.496 e. The van der Waals surface area contributed by atoms with Gasteiger partial charge in [-0.1, -0.05) is 12.1 Å². The highest BCUT2D eigenvalue weighted by Crippen LogP contribution is 2.33. The van der Waals surface area contributed by atoms with Crippen molar-refractivity contribution in [3.05, 3.63) is 29.3 Å². The number of alkyl halides is 2. The van der Waals surface area contributed by atoms with Gasteiger partial charge >= 0.3 is 0 Å². The number of hydrogen-bond acceptors (Lipinski definition) is 2. The van der Waals surface area contributed by atoms with E-state index in [1.165, 1.54) is 7.11 Å².